The van der Waals surface area contributed by atoms with Crippen molar-refractivity contribution in [2.45, 2.75) is 6.42 Å². The summed E-state index contributed by atoms with van der Waals surface area (Å²) in [6, 6.07) is 4.15. The summed E-state index contributed by atoms with van der Waals surface area (Å²) in [5.41, 5.74) is 8.00. The maximum absolute atomic E-state index is 5.48. The van der Waals surface area contributed by atoms with Crippen LogP contribution in [0.25, 0.3) is 0 Å². The normalized spacial score (nSPS) is 16.2. The first-order chi connectivity index (χ1) is 5.86. The SMILES string of the molecule is NCB1Oc2cc3cc(c2O1)C3. The molecule has 0 fully saturated rings. The molecule has 3 aliphatic rings. The maximum Gasteiger partial charge on any atom is 0.609 e. The first-order valence-corrected chi connectivity index (χ1v) is 4.06. The van der Waals surface area contributed by atoms with Gasteiger partial charge in [0.15, 0.2) is 0 Å². The van der Waals surface area contributed by atoms with Crippen LogP contribution in [-0.4, -0.2) is 13.6 Å². The monoisotopic (exact) mass is 161 g/mol. The molecule has 4 heteroatoms. The third-order valence-corrected chi connectivity index (χ3v) is 2.29. The molecule has 3 nitrogen and oxygen atoms in total. The van der Waals surface area contributed by atoms with Gasteiger partial charge in [0, 0.05) is 12.0 Å². The first kappa shape index (κ1) is 6.37. The number of benzene rings is 1. The Morgan fingerprint density at radius 2 is 2.25 bits per heavy atom. The van der Waals surface area contributed by atoms with Crippen LogP contribution in [0.3, 0.4) is 0 Å². The molecule has 2 N–H and O–H groups in total. The van der Waals surface area contributed by atoms with Gasteiger partial charge in [-0.3, -0.25) is 0 Å². The van der Waals surface area contributed by atoms with Crippen LogP contribution in [0, 0.1) is 0 Å². The zero-order valence-corrected chi connectivity index (χ0v) is 6.54. The van der Waals surface area contributed by atoms with Gasteiger partial charge in [0.25, 0.3) is 0 Å². The summed E-state index contributed by atoms with van der Waals surface area (Å²) in [5.74, 6) is 1.77. The van der Waals surface area contributed by atoms with E-state index in [1.165, 1.54) is 11.1 Å². The van der Waals surface area contributed by atoms with Gasteiger partial charge in [-0.2, -0.15) is 0 Å². The number of hydrogen-bond acceptors (Lipinski definition) is 3. The molecule has 0 saturated heterocycles. The first-order valence-electron chi connectivity index (χ1n) is 4.06. The van der Waals surface area contributed by atoms with Crippen LogP contribution >= 0.6 is 0 Å². The molecule has 1 aromatic rings. The minimum absolute atomic E-state index is 0.271. The van der Waals surface area contributed by atoms with E-state index in [0.29, 0.717) is 6.44 Å². The summed E-state index contributed by atoms with van der Waals surface area (Å²) in [6.07, 6.45) is 1.43. The van der Waals surface area contributed by atoms with Gasteiger partial charge in [-0.05, 0) is 11.6 Å². The van der Waals surface area contributed by atoms with Crippen molar-refractivity contribution in [3.05, 3.63) is 23.3 Å². The van der Waals surface area contributed by atoms with Crippen LogP contribution in [-0.2, 0) is 6.42 Å². The molecule has 1 aliphatic heterocycles. The Balaban J connectivity index is 2.05. The highest BCUT2D eigenvalue weighted by atomic mass is 16.6. The number of nitrogens with two attached hydrogens (primary N) is 1. The van der Waals surface area contributed by atoms with Crippen LogP contribution in [0.1, 0.15) is 11.1 Å². The zero-order chi connectivity index (χ0) is 8.13. The van der Waals surface area contributed by atoms with Crippen molar-refractivity contribution < 1.29 is 9.31 Å². The van der Waals surface area contributed by atoms with Crippen LogP contribution in [0.2, 0.25) is 0 Å². The predicted molar refractivity (Wildman–Crippen MR) is 45.3 cm³/mol. The van der Waals surface area contributed by atoms with E-state index in [0.717, 1.165) is 17.9 Å². The van der Waals surface area contributed by atoms with Gasteiger partial charge in [-0.15, -0.1) is 0 Å². The molecule has 4 rings (SSSR count). The van der Waals surface area contributed by atoms with Crippen molar-refractivity contribution in [3.63, 3.8) is 0 Å². The summed E-state index contributed by atoms with van der Waals surface area (Å²) >= 11 is 0. The van der Waals surface area contributed by atoms with Crippen LogP contribution in [0.15, 0.2) is 12.1 Å². The topological polar surface area (TPSA) is 44.5 Å². The highest BCUT2D eigenvalue weighted by Gasteiger charge is 2.34. The molecule has 0 amide bonds. The summed E-state index contributed by atoms with van der Waals surface area (Å²) < 4.78 is 10.9. The van der Waals surface area contributed by atoms with E-state index in [1.54, 1.807) is 0 Å². The fraction of sp³-hybridized carbons (Fsp3) is 0.250. The van der Waals surface area contributed by atoms with Crippen LogP contribution < -0.4 is 15.0 Å². The summed E-state index contributed by atoms with van der Waals surface area (Å²) in [7, 11) is -0.271. The molecule has 0 radical (unpaired) electrons. The lowest BCUT2D eigenvalue weighted by atomic mass is 9.91. The number of rotatable bonds is 1. The second-order valence-electron chi connectivity index (χ2n) is 3.16. The molecular formula is C8H8BNO2. The molecule has 2 bridgehead atoms. The highest BCUT2D eigenvalue weighted by Crippen LogP contribution is 2.44. The van der Waals surface area contributed by atoms with Gasteiger partial charge in [-0.1, -0.05) is 6.07 Å². The average molecular weight is 161 g/mol. The van der Waals surface area contributed by atoms with Gasteiger partial charge >= 0.3 is 7.12 Å². The van der Waals surface area contributed by atoms with Crippen molar-refractivity contribution in [3.8, 4) is 11.5 Å². The third-order valence-electron chi connectivity index (χ3n) is 2.29. The molecule has 0 aromatic heterocycles. The Hall–Kier alpha value is -1.16. The van der Waals surface area contributed by atoms with Gasteiger partial charge < -0.3 is 15.0 Å². The van der Waals surface area contributed by atoms with Gasteiger partial charge in [0.1, 0.15) is 11.5 Å². The number of hydrogen-bond donors (Lipinski definition) is 1. The van der Waals surface area contributed by atoms with Gasteiger partial charge in [0.2, 0.25) is 0 Å². The fourth-order valence-electron chi connectivity index (χ4n) is 1.66. The Bertz CT molecular complexity index is 353. The van der Waals surface area contributed by atoms with Crippen molar-refractivity contribution in [2.75, 3.05) is 6.44 Å². The lowest BCUT2D eigenvalue weighted by molar-refractivity contribution is 0.498. The van der Waals surface area contributed by atoms with Crippen molar-refractivity contribution >= 4 is 7.12 Å². The van der Waals surface area contributed by atoms with E-state index in [-0.39, 0.29) is 7.12 Å². The molecule has 1 aromatic carbocycles. The van der Waals surface area contributed by atoms with Crippen LogP contribution in [0.5, 0.6) is 11.5 Å². The molecule has 12 heavy (non-hydrogen) atoms. The van der Waals surface area contributed by atoms with Gasteiger partial charge in [-0.25, -0.2) is 0 Å². The summed E-state index contributed by atoms with van der Waals surface area (Å²) in [5, 5.41) is 0. The van der Waals surface area contributed by atoms with E-state index >= 15 is 0 Å². The average Bonchev–Trinajstić information content (AvgIpc) is 2.43. The molecular weight excluding hydrogens is 153 g/mol. The summed E-state index contributed by atoms with van der Waals surface area (Å²) in [4.78, 5) is 0. The molecule has 1 heterocycles. The quantitative estimate of drug-likeness (QED) is 0.613. The molecule has 0 saturated carbocycles. The minimum atomic E-state index is -0.271. The van der Waals surface area contributed by atoms with Gasteiger partial charge in [0.05, 0.1) is 6.44 Å². The van der Waals surface area contributed by atoms with E-state index in [4.69, 9.17) is 15.0 Å². The van der Waals surface area contributed by atoms with Crippen molar-refractivity contribution in [2.24, 2.45) is 5.73 Å². The lowest BCUT2D eigenvalue weighted by Gasteiger charge is -2.17. The fourth-order valence-corrected chi connectivity index (χ4v) is 1.66. The van der Waals surface area contributed by atoms with Crippen LogP contribution in [0.4, 0.5) is 0 Å². The standard InChI is InChI=1S/C8H8BNO2/c10-4-9-11-7-3-5-1-6(2-5)8(7)12-9/h1,3H,2,4,10H2. The predicted octanol–water partition coefficient (Wildman–Crippen LogP) is 0.348. The van der Waals surface area contributed by atoms with Crippen molar-refractivity contribution in [1.29, 1.82) is 0 Å². The third kappa shape index (κ3) is 0.654. The van der Waals surface area contributed by atoms with E-state index in [2.05, 4.69) is 6.07 Å². The largest absolute Gasteiger partial charge is 0.609 e. The Morgan fingerprint density at radius 3 is 2.92 bits per heavy atom. The highest BCUT2D eigenvalue weighted by molar-refractivity contribution is 6.47. The van der Waals surface area contributed by atoms with E-state index in [1.807, 2.05) is 6.07 Å². The Kier molecular flexibility index (Phi) is 1.04. The molecule has 0 unspecified atom stereocenters. The Morgan fingerprint density at radius 1 is 1.42 bits per heavy atom. The van der Waals surface area contributed by atoms with E-state index in [9.17, 15) is 0 Å². The molecule has 0 spiro atoms. The van der Waals surface area contributed by atoms with Crippen molar-refractivity contribution in [1.82, 2.24) is 0 Å². The minimum Gasteiger partial charge on any atom is -0.522 e. The Labute approximate surface area is 70.6 Å². The zero-order valence-electron chi connectivity index (χ0n) is 6.54. The second-order valence-corrected chi connectivity index (χ2v) is 3.16. The lowest BCUT2D eigenvalue weighted by Crippen LogP contribution is -2.34. The molecule has 60 valence electrons. The maximum atomic E-state index is 5.48. The van der Waals surface area contributed by atoms with E-state index < -0.39 is 0 Å². The molecule has 0 atom stereocenters. The second kappa shape index (κ2) is 1.96. The summed E-state index contributed by atoms with van der Waals surface area (Å²) in [6.45, 7) is 0. The molecule has 2 aliphatic carbocycles. The smallest absolute Gasteiger partial charge is 0.522 e.